The topological polar surface area (TPSA) is 12.0 Å². The molecule has 100 valence electrons. The predicted octanol–water partition coefficient (Wildman–Crippen LogP) is 5.43. The van der Waals surface area contributed by atoms with Gasteiger partial charge in [0.25, 0.3) is 0 Å². The number of nitrogens with one attached hydrogen (secondary N) is 1. The van der Waals surface area contributed by atoms with Crippen molar-refractivity contribution < 1.29 is 4.39 Å². The van der Waals surface area contributed by atoms with E-state index in [9.17, 15) is 4.39 Å². The van der Waals surface area contributed by atoms with Crippen molar-refractivity contribution in [3.8, 4) is 0 Å². The van der Waals surface area contributed by atoms with E-state index >= 15 is 0 Å². The Kier molecular flexibility index (Phi) is 4.80. The molecule has 0 fully saturated rings. The third kappa shape index (κ3) is 3.71. The molecule has 0 radical (unpaired) electrons. The first-order valence-corrected chi connectivity index (χ1v) is 6.85. The first-order chi connectivity index (χ1) is 9.20. The molecule has 1 unspecified atom stereocenters. The van der Waals surface area contributed by atoms with Crippen molar-refractivity contribution in [3.05, 3.63) is 64.9 Å². The SMILES string of the molecule is CCCC(Nc1ccccc1F)c1ccc(Cl)cc1. The molecule has 2 rings (SSSR count). The van der Waals surface area contributed by atoms with Crippen LogP contribution in [-0.2, 0) is 0 Å². The average molecular weight is 278 g/mol. The molecule has 0 aliphatic carbocycles. The van der Waals surface area contributed by atoms with E-state index in [1.807, 2.05) is 30.3 Å². The number of hydrogen-bond acceptors (Lipinski definition) is 1. The Bertz CT molecular complexity index is 525. The summed E-state index contributed by atoms with van der Waals surface area (Å²) in [7, 11) is 0. The Hall–Kier alpha value is -1.54. The lowest BCUT2D eigenvalue weighted by Crippen LogP contribution is -2.11. The third-order valence-electron chi connectivity index (χ3n) is 3.05. The molecule has 0 saturated carbocycles. The third-order valence-corrected chi connectivity index (χ3v) is 3.31. The van der Waals surface area contributed by atoms with Crippen LogP contribution in [-0.4, -0.2) is 0 Å². The van der Waals surface area contributed by atoms with Crippen LogP contribution in [0.3, 0.4) is 0 Å². The van der Waals surface area contributed by atoms with Gasteiger partial charge in [0.05, 0.1) is 11.7 Å². The molecule has 0 amide bonds. The number of para-hydroxylation sites is 1. The highest BCUT2D eigenvalue weighted by atomic mass is 35.5. The number of benzene rings is 2. The van der Waals surface area contributed by atoms with Crippen LogP contribution in [0.25, 0.3) is 0 Å². The molecule has 1 N–H and O–H groups in total. The molecule has 0 bridgehead atoms. The monoisotopic (exact) mass is 277 g/mol. The van der Waals surface area contributed by atoms with Crippen molar-refractivity contribution in [2.24, 2.45) is 0 Å². The Morgan fingerprint density at radius 3 is 2.42 bits per heavy atom. The summed E-state index contributed by atoms with van der Waals surface area (Å²) in [6, 6.07) is 14.5. The van der Waals surface area contributed by atoms with Gasteiger partial charge in [0, 0.05) is 5.02 Å². The van der Waals surface area contributed by atoms with Gasteiger partial charge in [-0.25, -0.2) is 4.39 Å². The van der Waals surface area contributed by atoms with Crippen LogP contribution in [0.1, 0.15) is 31.4 Å². The molecule has 0 aromatic heterocycles. The second-order valence-electron chi connectivity index (χ2n) is 4.52. The minimum atomic E-state index is -0.224. The highest BCUT2D eigenvalue weighted by Crippen LogP contribution is 2.26. The molecular formula is C16H17ClFN. The molecule has 0 aliphatic heterocycles. The van der Waals surface area contributed by atoms with Gasteiger partial charge in [-0.15, -0.1) is 0 Å². The maximum absolute atomic E-state index is 13.7. The van der Waals surface area contributed by atoms with Gasteiger partial charge in [0.1, 0.15) is 5.82 Å². The second-order valence-corrected chi connectivity index (χ2v) is 4.95. The lowest BCUT2D eigenvalue weighted by molar-refractivity contribution is 0.618. The molecular weight excluding hydrogens is 261 g/mol. The molecule has 1 atom stereocenters. The fourth-order valence-corrected chi connectivity index (χ4v) is 2.20. The van der Waals surface area contributed by atoms with Crippen LogP contribution in [0.4, 0.5) is 10.1 Å². The van der Waals surface area contributed by atoms with Crippen molar-refractivity contribution in [2.75, 3.05) is 5.32 Å². The molecule has 2 aromatic carbocycles. The van der Waals surface area contributed by atoms with Crippen molar-refractivity contribution in [1.29, 1.82) is 0 Å². The molecule has 0 heterocycles. The van der Waals surface area contributed by atoms with Gasteiger partial charge in [-0.2, -0.15) is 0 Å². The average Bonchev–Trinajstić information content (AvgIpc) is 2.42. The summed E-state index contributed by atoms with van der Waals surface area (Å²) < 4.78 is 13.7. The van der Waals surface area contributed by atoms with Gasteiger partial charge in [-0.3, -0.25) is 0 Å². The van der Waals surface area contributed by atoms with Crippen LogP contribution < -0.4 is 5.32 Å². The fourth-order valence-electron chi connectivity index (χ4n) is 2.07. The van der Waals surface area contributed by atoms with E-state index in [1.165, 1.54) is 6.07 Å². The number of hydrogen-bond donors (Lipinski definition) is 1. The number of halogens is 2. The number of rotatable bonds is 5. The first kappa shape index (κ1) is 13.9. The molecule has 2 aromatic rings. The zero-order valence-corrected chi connectivity index (χ0v) is 11.6. The number of anilines is 1. The zero-order valence-electron chi connectivity index (χ0n) is 10.9. The molecule has 3 heteroatoms. The fraction of sp³-hybridized carbons (Fsp3) is 0.250. The van der Waals surface area contributed by atoms with Crippen LogP contribution in [0.15, 0.2) is 48.5 Å². The Morgan fingerprint density at radius 1 is 1.11 bits per heavy atom. The van der Waals surface area contributed by atoms with E-state index in [0.717, 1.165) is 18.4 Å². The van der Waals surface area contributed by atoms with Gasteiger partial charge in [-0.05, 0) is 36.2 Å². The maximum Gasteiger partial charge on any atom is 0.146 e. The lowest BCUT2D eigenvalue weighted by Gasteiger charge is -2.20. The summed E-state index contributed by atoms with van der Waals surface area (Å²) in [5, 5.41) is 3.98. The molecule has 19 heavy (non-hydrogen) atoms. The highest BCUT2D eigenvalue weighted by Gasteiger charge is 2.12. The smallest absolute Gasteiger partial charge is 0.146 e. The molecule has 1 nitrogen and oxygen atoms in total. The van der Waals surface area contributed by atoms with Gasteiger partial charge in [-0.1, -0.05) is 49.2 Å². The van der Waals surface area contributed by atoms with Crippen molar-refractivity contribution in [3.63, 3.8) is 0 Å². The van der Waals surface area contributed by atoms with Crippen LogP contribution in [0.5, 0.6) is 0 Å². The van der Waals surface area contributed by atoms with Crippen LogP contribution in [0.2, 0.25) is 5.02 Å². The Morgan fingerprint density at radius 2 is 1.79 bits per heavy atom. The quantitative estimate of drug-likeness (QED) is 0.768. The van der Waals surface area contributed by atoms with Crippen molar-refractivity contribution in [2.45, 2.75) is 25.8 Å². The van der Waals surface area contributed by atoms with Gasteiger partial charge >= 0.3 is 0 Å². The minimum Gasteiger partial charge on any atom is -0.376 e. The molecule has 0 saturated heterocycles. The van der Waals surface area contributed by atoms with Gasteiger partial charge in [0.2, 0.25) is 0 Å². The van der Waals surface area contributed by atoms with E-state index < -0.39 is 0 Å². The lowest BCUT2D eigenvalue weighted by atomic mass is 10.0. The van der Waals surface area contributed by atoms with Gasteiger partial charge in [0.15, 0.2) is 0 Å². The summed E-state index contributed by atoms with van der Waals surface area (Å²) >= 11 is 5.90. The van der Waals surface area contributed by atoms with E-state index in [0.29, 0.717) is 10.7 Å². The van der Waals surface area contributed by atoms with Crippen molar-refractivity contribution in [1.82, 2.24) is 0 Å². The highest BCUT2D eigenvalue weighted by molar-refractivity contribution is 6.30. The molecule has 0 aliphatic rings. The van der Waals surface area contributed by atoms with E-state index in [2.05, 4.69) is 12.2 Å². The summed E-state index contributed by atoms with van der Waals surface area (Å²) in [6.45, 7) is 2.12. The van der Waals surface area contributed by atoms with E-state index in [1.54, 1.807) is 12.1 Å². The normalized spacial score (nSPS) is 12.2. The minimum absolute atomic E-state index is 0.0965. The van der Waals surface area contributed by atoms with Crippen LogP contribution >= 0.6 is 11.6 Å². The van der Waals surface area contributed by atoms with Crippen molar-refractivity contribution >= 4 is 17.3 Å². The Balaban J connectivity index is 2.21. The summed E-state index contributed by atoms with van der Waals surface area (Å²) in [6.07, 6.45) is 1.96. The van der Waals surface area contributed by atoms with E-state index in [-0.39, 0.29) is 11.9 Å². The van der Waals surface area contributed by atoms with Gasteiger partial charge < -0.3 is 5.32 Å². The van der Waals surface area contributed by atoms with E-state index in [4.69, 9.17) is 11.6 Å². The Labute approximate surface area is 118 Å². The summed E-state index contributed by atoms with van der Waals surface area (Å²) in [5.41, 5.74) is 1.66. The summed E-state index contributed by atoms with van der Waals surface area (Å²) in [4.78, 5) is 0. The standard InChI is InChI=1S/C16H17ClFN/c1-2-5-15(12-8-10-13(17)11-9-12)19-16-7-4-3-6-14(16)18/h3-4,6-11,15,19H,2,5H2,1H3. The summed E-state index contributed by atoms with van der Waals surface area (Å²) in [5.74, 6) is -0.224. The predicted molar refractivity (Wildman–Crippen MR) is 79.1 cm³/mol. The second kappa shape index (κ2) is 6.58. The molecule has 0 spiro atoms. The zero-order chi connectivity index (χ0) is 13.7. The van der Waals surface area contributed by atoms with Crippen LogP contribution in [0, 0.1) is 5.82 Å². The first-order valence-electron chi connectivity index (χ1n) is 6.47. The maximum atomic E-state index is 13.7. The largest absolute Gasteiger partial charge is 0.376 e.